The fourth-order valence-electron chi connectivity index (χ4n) is 4.52. The van der Waals surface area contributed by atoms with Crippen LogP contribution < -0.4 is 19.7 Å². The van der Waals surface area contributed by atoms with Crippen molar-refractivity contribution in [3.8, 4) is 5.75 Å². The predicted molar refractivity (Wildman–Crippen MR) is 146 cm³/mol. The van der Waals surface area contributed by atoms with Crippen molar-refractivity contribution in [3.05, 3.63) is 95.6 Å². The number of hydrogen-bond donors (Lipinski definition) is 2. The minimum Gasteiger partial charge on any atom is -0.497 e. The standard InChI is InChI=1S/C28H32N4O5S/c1-20(21-9-5-4-6-10-21)26(27(33)31(2)24-13-15-25(37-3)16-14-24)29-28(34)30-38(35,36)32-18-17-22-11-7-8-12-23(22)19-32/h4-16,20,26H,17-19H2,1-3H3,(H2,29,30,34)/t20-,26?/m1/s1. The first-order valence-corrected chi connectivity index (χ1v) is 13.8. The minimum atomic E-state index is -4.13. The molecule has 38 heavy (non-hydrogen) atoms. The van der Waals surface area contributed by atoms with E-state index in [-0.39, 0.29) is 13.1 Å². The number of hydrogen-bond acceptors (Lipinski definition) is 5. The zero-order chi connectivity index (χ0) is 27.3. The van der Waals surface area contributed by atoms with E-state index >= 15 is 0 Å². The van der Waals surface area contributed by atoms with Crippen molar-refractivity contribution in [2.24, 2.45) is 0 Å². The molecule has 2 N–H and O–H groups in total. The molecule has 0 saturated heterocycles. The number of rotatable bonds is 8. The van der Waals surface area contributed by atoms with Crippen LogP contribution in [0.2, 0.25) is 0 Å². The van der Waals surface area contributed by atoms with E-state index in [9.17, 15) is 18.0 Å². The van der Waals surface area contributed by atoms with Gasteiger partial charge in [0.1, 0.15) is 11.8 Å². The van der Waals surface area contributed by atoms with E-state index in [1.165, 1.54) is 9.21 Å². The maximum Gasteiger partial charge on any atom is 0.330 e. The lowest BCUT2D eigenvalue weighted by atomic mass is 9.92. The van der Waals surface area contributed by atoms with E-state index in [0.717, 1.165) is 16.7 Å². The zero-order valence-corrected chi connectivity index (χ0v) is 22.4. The van der Waals surface area contributed by atoms with Gasteiger partial charge in [0, 0.05) is 31.7 Å². The fraction of sp³-hybridized carbons (Fsp3) is 0.286. The number of likely N-dealkylation sites (N-methyl/N-ethyl adjacent to an activating group) is 1. The van der Waals surface area contributed by atoms with Gasteiger partial charge in [-0.3, -0.25) is 4.79 Å². The van der Waals surface area contributed by atoms with Gasteiger partial charge in [-0.05, 0) is 47.4 Å². The second-order valence-electron chi connectivity index (χ2n) is 9.21. The molecule has 0 saturated carbocycles. The number of benzene rings is 3. The van der Waals surface area contributed by atoms with E-state index in [2.05, 4.69) is 10.0 Å². The van der Waals surface area contributed by atoms with Gasteiger partial charge in [-0.15, -0.1) is 0 Å². The van der Waals surface area contributed by atoms with Crippen molar-refractivity contribution in [1.82, 2.24) is 14.3 Å². The monoisotopic (exact) mass is 536 g/mol. The molecule has 0 fully saturated rings. The summed E-state index contributed by atoms with van der Waals surface area (Å²) in [5.74, 6) is -0.197. The lowest BCUT2D eigenvalue weighted by Gasteiger charge is -2.30. The molecule has 0 aromatic heterocycles. The van der Waals surface area contributed by atoms with Crippen LogP contribution in [0.3, 0.4) is 0 Å². The Kier molecular flexibility index (Phi) is 8.33. The van der Waals surface area contributed by atoms with E-state index in [4.69, 9.17) is 4.74 Å². The van der Waals surface area contributed by atoms with Gasteiger partial charge in [-0.1, -0.05) is 61.5 Å². The van der Waals surface area contributed by atoms with E-state index in [1.807, 2.05) is 61.5 Å². The lowest BCUT2D eigenvalue weighted by Crippen LogP contribution is -2.55. The molecule has 10 heteroatoms. The quantitative estimate of drug-likeness (QED) is 0.459. The number of nitrogens with zero attached hydrogens (tertiary/aromatic N) is 2. The van der Waals surface area contributed by atoms with Crippen LogP contribution in [0.25, 0.3) is 0 Å². The first-order chi connectivity index (χ1) is 18.2. The van der Waals surface area contributed by atoms with Crippen LogP contribution in [0, 0.1) is 0 Å². The minimum absolute atomic E-state index is 0.168. The molecule has 1 unspecified atom stereocenters. The molecule has 9 nitrogen and oxygen atoms in total. The van der Waals surface area contributed by atoms with Gasteiger partial charge >= 0.3 is 16.2 Å². The third-order valence-corrected chi connectivity index (χ3v) is 8.26. The highest BCUT2D eigenvalue weighted by Crippen LogP contribution is 2.25. The van der Waals surface area contributed by atoms with Crippen LogP contribution in [0.4, 0.5) is 10.5 Å². The third kappa shape index (κ3) is 6.15. The van der Waals surface area contributed by atoms with Crippen LogP contribution in [0.15, 0.2) is 78.9 Å². The third-order valence-electron chi connectivity index (χ3n) is 6.83. The molecule has 3 aromatic rings. The average Bonchev–Trinajstić information content (AvgIpc) is 2.94. The molecule has 2 atom stereocenters. The number of carbonyl (C=O) groups excluding carboxylic acids is 2. The van der Waals surface area contributed by atoms with Gasteiger partial charge in [0.05, 0.1) is 7.11 Å². The predicted octanol–water partition coefficient (Wildman–Crippen LogP) is 3.43. The summed E-state index contributed by atoms with van der Waals surface area (Å²) in [5.41, 5.74) is 3.41. The molecule has 200 valence electrons. The molecule has 4 rings (SSSR count). The summed E-state index contributed by atoms with van der Waals surface area (Å²) in [6.45, 7) is 2.24. The van der Waals surface area contributed by atoms with Gasteiger partial charge in [-0.25, -0.2) is 9.52 Å². The van der Waals surface area contributed by atoms with Crippen molar-refractivity contribution in [3.63, 3.8) is 0 Å². The number of amides is 3. The van der Waals surface area contributed by atoms with Gasteiger partial charge < -0.3 is 15.0 Å². The number of urea groups is 1. The Hall–Kier alpha value is -3.89. The summed E-state index contributed by atoms with van der Waals surface area (Å²) < 4.78 is 34.6. The highest BCUT2D eigenvalue weighted by molar-refractivity contribution is 7.87. The van der Waals surface area contributed by atoms with Gasteiger partial charge in [-0.2, -0.15) is 12.7 Å². The summed E-state index contributed by atoms with van der Waals surface area (Å²) in [7, 11) is -0.971. The molecule has 3 aromatic carbocycles. The van der Waals surface area contributed by atoms with Crippen molar-refractivity contribution in [2.75, 3.05) is 25.6 Å². The number of nitrogens with one attached hydrogen (secondary N) is 2. The van der Waals surface area contributed by atoms with Crippen LogP contribution in [-0.4, -0.2) is 51.4 Å². The Labute approximate surface area is 223 Å². The fourth-order valence-corrected chi connectivity index (χ4v) is 5.58. The van der Waals surface area contributed by atoms with E-state index in [0.29, 0.717) is 17.9 Å². The molecular formula is C28H32N4O5S. The molecule has 3 amide bonds. The second kappa shape index (κ2) is 11.7. The number of methoxy groups -OCH3 is 1. The topological polar surface area (TPSA) is 108 Å². The molecule has 0 aliphatic carbocycles. The molecular weight excluding hydrogens is 504 g/mol. The highest BCUT2D eigenvalue weighted by Gasteiger charge is 2.33. The summed E-state index contributed by atoms with van der Waals surface area (Å²) in [4.78, 5) is 28.1. The van der Waals surface area contributed by atoms with Crippen molar-refractivity contribution in [1.29, 1.82) is 0 Å². The SMILES string of the molecule is COc1ccc(N(C)C(=O)C(NC(=O)NS(=O)(=O)N2CCc3ccccc3C2)[C@H](C)c2ccccc2)cc1. The van der Waals surface area contributed by atoms with E-state index < -0.39 is 34.1 Å². The summed E-state index contributed by atoms with van der Waals surface area (Å²) in [6, 6.07) is 21.8. The van der Waals surface area contributed by atoms with Crippen molar-refractivity contribution < 1.29 is 22.7 Å². The number of anilines is 1. The summed E-state index contributed by atoms with van der Waals surface area (Å²) in [6.07, 6.45) is 0.553. The largest absolute Gasteiger partial charge is 0.497 e. The highest BCUT2D eigenvalue weighted by atomic mass is 32.2. The Balaban J connectivity index is 1.52. The summed E-state index contributed by atoms with van der Waals surface area (Å²) >= 11 is 0. The van der Waals surface area contributed by atoms with Gasteiger partial charge in [0.15, 0.2) is 0 Å². The van der Waals surface area contributed by atoms with Crippen LogP contribution in [0.5, 0.6) is 5.75 Å². The van der Waals surface area contributed by atoms with Crippen LogP contribution in [0.1, 0.15) is 29.5 Å². The van der Waals surface area contributed by atoms with Crippen molar-refractivity contribution >= 4 is 27.8 Å². The Morgan fingerprint density at radius 1 is 0.947 bits per heavy atom. The zero-order valence-electron chi connectivity index (χ0n) is 21.6. The normalized spacial score (nSPS) is 15.0. The Morgan fingerprint density at radius 3 is 2.24 bits per heavy atom. The number of fused-ring (bicyclic) bond motifs is 1. The summed E-state index contributed by atoms with van der Waals surface area (Å²) in [5, 5.41) is 2.63. The maximum absolute atomic E-state index is 13.6. The number of carbonyl (C=O) groups is 2. The molecule has 1 aliphatic rings. The first kappa shape index (κ1) is 27.2. The Bertz CT molecular complexity index is 1380. The Morgan fingerprint density at radius 2 is 1.58 bits per heavy atom. The van der Waals surface area contributed by atoms with E-state index in [1.54, 1.807) is 38.4 Å². The van der Waals surface area contributed by atoms with Crippen LogP contribution >= 0.6 is 0 Å². The molecule has 0 bridgehead atoms. The molecule has 1 heterocycles. The second-order valence-corrected chi connectivity index (χ2v) is 10.9. The molecule has 0 spiro atoms. The molecule has 1 aliphatic heterocycles. The van der Waals surface area contributed by atoms with Crippen molar-refractivity contribution in [2.45, 2.75) is 31.8 Å². The first-order valence-electron chi connectivity index (χ1n) is 12.3. The lowest BCUT2D eigenvalue weighted by molar-refractivity contribution is -0.120. The smallest absolute Gasteiger partial charge is 0.330 e. The van der Waals surface area contributed by atoms with Crippen LogP contribution in [-0.2, 0) is 28.0 Å². The average molecular weight is 537 g/mol. The van der Waals surface area contributed by atoms with Gasteiger partial charge in [0.2, 0.25) is 5.91 Å². The molecule has 0 radical (unpaired) electrons. The maximum atomic E-state index is 13.6. The number of ether oxygens (including phenoxy) is 1. The van der Waals surface area contributed by atoms with Gasteiger partial charge in [0.25, 0.3) is 0 Å².